The Kier molecular flexibility index (Phi) is 5.38. The molecule has 1 amide bonds. The van der Waals surface area contributed by atoms with E-state index in [0.717, 1.165) is 5.56 Å². The van der Waals surface area contributed by atoms with Crippen LogP contribution in [0.4, 0.5) is 5.69 Å². The predicted octanol–water partition coefficient (Wildman–Crippen LogP) is 2.80. The molecule has 0 aromatic carbocycles. The van der Waals surface area contributed by atoms with Crippen molar-refractivity contribution in [1.29, 1.82) is 0 Å². The lowest BCUT2D eigenvalue weighted by Crippen LogP contribution is -2.15. The molecule has 1 heterocycles. The monoisotopic (exact) mass is 256 g/mol. The zero-order valence-electron chi connectivity index (χ0n) is 10.3. The van der Waals surface area contributed by atoms with Crippen LogP contribution in [0.5, 0.6) is 0 Å². The maximum absolute atomic E-state index is 11.6. The zero-order chi connectivity index (χ0) is 12.8. The molecular formula is C12H17ClN2O2. The van der Waals surface area contributed by atoms with Crippen molar-refractivity contribution >= 4 is 23.2 Å². The minimum absolute atomic E-state index is 0.0758. The van der Waals surface area contributed by atoms with Crippen LogP contribution in [-0.2, 0) is 9.53 Å². The maximum Gasteiger partial charge on any atom is 0.224 e. The number of pyridine rings is 1. The minimum Gasteiger partial charge on any atom is -0.382 e. The van der Waals surface area contributed by atoms with Crippen molar-refractivity contribution in [3.8, 4) is 0 Å². The Balaban J connectivity index is 2.53. The molecule has 0 saturated heterocycles. The molecule has 1 N–H and O–H groups in total. The largest absolute Gasteiger partial charge is 0.382 e. The summed E-state index contributed by atoms with van der Waals surface area (Å²) in [5, 5.41) is 3.05. The number of amides is 1. The van der Waals surface area contributed by atoms with E-state index in [1.54, 1.807) is 19.4 Å². The van der Waals surface area contributed by atoms with E-state index in [-0.39, 0.29) is 12.0 Å². The summed E-state index contributed by atoms with van der Waals surface area (Å²) in [5.41, 5.74) is 1.51. The Bertz CT molecular complexity index is 396. The van der Waals surface area contributed by atoms with Crippen molar-refractivity contribution in [2.75, 3.05) is 12.4 Å². The molecule has 1 rings (SSSR count). The first-order valence-corrected chi connectivity index (χ1v) is 5.85. The molecule has 4 nitrogen and oxygen atoms in total. The van der Waals surface area contributed by atoms with Crippen LogP contribution in [0.15, 0.2) is 12.3 Å². The topological polar surface area (TPSA) is 51.2 Å². The number of carbonyl (C=O) groups excluding carboxylic acids is 1. The van der Waals surface area contributed by atoms with E-state index in [4.69, 9.17) is 16.3 Å². The van der Waals surface area contributed by atoms with E-state index in [9.17, 15) is 4.79 Å². The first-order valence-electron chi connectivity index (χ1n) is 5.47. The van der Waals surface area contributed by atoms with Crippen molar-refractivity contribution in [1.82, 2.24) is 4.98 Å². The number of nitrogens with zero attached hydrogens (tertiary/aromatic N) is 1. The van der Waals surface area contributed by atoms with E-state index < -0.39 is 0 Å². The number of aromatic nitrogens is 1. The molecular weight excluding hydrogens is 240 g/mol. The van der Waals surface area contributed by atoms with Gasteiger partial charge in [0.05, 0.1) is 11.8 Å². The van der Waals surface area contributed by atoms with Gasteiger partial charge in [0, 0.05) is 19.7 Å². The maximum atomic E-state index is 11.6. The van der Waals surface area contributed by atoms with Gasteiger partial charge in [0.25, 0.3) is 0 Å². The molecule has 0 bridgehead atoms. The summed E-state index contributed by atoms with van der Waals surface area (Å²) in [6.07, 6.45) is 2.82. The molecule has 1 aromatic rings. The van der Waals surface area contributed by atoms with Crippen LogP contribution >= 0.6 is 11.6 Å². The summed E-state index contributed by atoms with van der Waals surface area (Å²) < 4.78 is 5.08. The number of nitrogens with one attached hydrogen (secondary N) is 1. The van der Waals surface area contributed by atoms with Crippen LogP contribution in [0.2, 0.25) is 5.15 Å². The molecule has 1 aromatic heterocycles. The highest BCUT2D eigenvalue weighted by molar-refractivity contribution is 6.32. The van der Waals surface area contributed by atoms with Gasteiger partial charge in [-0.2, -0.15) is 0 Å². The van der Waals surface area contributed by atoms with Crippen LogP contribution in [-0.4, -0.2) is 24.1 Å². The van der Waals surface area contributed by atoms with Gasteiger partial charge in [0.15, 0.2) is 5.15 Å². The predicted molar refractivity (Wildman–Crippen MR) is 68.3 cm³/mol. The molecule has 17 heavy (non-hydrogen) atoms. The van der Waals surface area contributed by atoms with Gasteiger partial charge in [-0.3, -0.25) is 4.79 Å². The Labute approximate surface area is 106 Å². The molecule has 0 aliphatic carbocycles. The quantitative estimate of drug-likeness (QED) is 0.825. The molecule has 0 spiro atoms. The van der Waals surface area contributed by atoms with Crippen LogP contribution in [0.25, 0.3) is 0 Å². The fraction of sp³-hybridized carbons (Fsp3) is 0.500. The van der Waals surface area contributed by atoms with Crippen molar-refractivity contribution in [2.24, 2.45) is 0 Å². The van der Waals surface area contributed by atoms with E-state index in [2.05, 4.69) is 10.3 Å². The number of carbonyl (C=O) groups is 1. The van der Waals surface area contributed by atoms with Gasteiger partial charge in [-0.1, -0.05) is 11.6 Å². The number of rotatable bonds is 5. The number of halogens is 1. The summed E-state index contributed by atoms with van der Waals surface area (Å²) in [4.78, 5) is 15.6. The smallest absolute Gasteiger partial charge is 0.224 e. The average molecular weight is 257 g/mol. The fourth-order valence-corrected chi connectivity index (χ4v) is 1.46. The second kappa shape index (κ2) is 6.57. The highest BCUT2D eigenvalue weighted by Crippen LogP contribution is 2.20. The summed E-state index contributed by atoms with van der Waals surface area (Å²) in [5.74, 6) is -0.0804. The van der Waals surface area contributed by atoms with Gasteiger partial charge in [0.1, 0.15) is 0 Å². The first-order chi connectivity index (χ1) is 8.02. The zero-order valence-corrected chi connectivity index (χ0v) is 11.0. The van der Waals surface area contributed by atoms with Crippen molar-refractivity contribution in [3.63, 3.8) is 0 Å². The Morgan fingerprint density at radius 2 is 2.35 bits per heavy atom. The number of anilines is 1. The normalized spacial score (nSPS) is 12.2. The van der Waals surface area contributed by atoms with Crippen molar-refractivity contribution < 1.29 is 9.53 Å². The highest BCUT2D eigenvalue weighted by Gasteiger charge is 2.09. The van der Waals surface area contributed by atoms with Crippen LogP contribution < -0.4 is 5.32 Å². The molecule has 1 atom stereocenters. The van der Waals surface area contributed by atoms with Gasteiger partial charge < -0.3 is 10.1 Å². The van der Waals surface area contributed by atoms with Crippen LogP contribution in [0, 0.1) is 6.92 Å². The standard InChI is InChI=1S/C12H17ClN2O2/c1-8-6-10(12(13)14-7-8)15-11(16)5-4-9(2)17-3/h6-7,9H,4-5H2,1-3H3,(H,15,16). The molecule has 0 aliphatic rings. The van der Waals surface area contributed by atoms with Crippen LogP contribution in [0.3, 0.4) is 0 Å². The second-order valence-corrected chi connectivity index (χ2v) is 4.34. The summed E-state index contributed by atoms with van der Waals surface area (Å²) >= 11 is 5.88. The van der Waals surface area contributed by atoms with Crippen molar-refractivity contribution in [2.45, 2.75) is 32.8 Å². The molecule has 94 valence electrons. The lowest BCUT2D eigenvalue weighted by atomic mass is 10.2. The lowest BCUT2D eigenvalue weighted by molar-refractivity contribution is -0.116. The fourth-order valence-electron chi connectivity index (χ4n) is 1.31. The summed E-state index contributed by atoms with van der Waals surface area (Å²) in [6.45, 7) is 3.82. The Morgan fingerprint density at radius 1 is 1.65 bits per heavy atom. The third kappa shape index (κ3) is 4.71. The van der Waals surface area contributed by atoms with Crippen LogP contribution in [0.1, 0.15) is 25.3 Å². The summed E-state index contributed by atoms with van der Waals surface area (Å²) in [7, 11) is 1.63. The lowest BCUT2D eigenvalue weighted by Gasteiger charge is -2.10. The van der Waals surface area contributed by atoms with Gasteiger partial charge >= 0.3 is 0 Å². The third-order valence-corrected chi connectivity index (χ3v) is 2.73. The van der Waals surface area contributed by atoms with E-state index in [1.165, 1.54) is 0 Å². The number of hydrogen-bond acceptors (Lipinski definition) is 3. The number of aryl methyl sites for hydroxylation is 1. The van der Waals surface area contributed by atoms with E-state index in [0.29, 0.717) is 23.7 Å². The number of ether oxygens (including phenoxy) is 1. The van der Waals surface area contributed by atoms with E-state index >= 15 is 0 Å². The number of hydrogen-bond donors (Lipinski definition) is 1. The first kappa shape index (κ1) is 13.9. The van der Waals surface area contributed by atoms with Gasteiger partial charge in [-0.15, -0.1) is 0 Å². The molecule has 0 aliphatic heterocycles. The molecule has 0 radical (unpaired) electrons. The van der Waals surface area contributed by atoms with Crippen molar-refractivity contribution in [3.05, 3.63) is 23.0 Å². The Morgan fingerprint density at radius 3 is 3.00 bits per heavy atom. The van der Waals surface area contributed by atoms with E-state index in [1.807, 2.05) is 13.8 Å². The SMILES string of the molecule is COC(C)CCC(=O)Nc1cc(C)cnc1Cl. The highest BCUT2D eigenvalue weighted by atomic mass is 35.5. The molecule has 0 saturated carbocycles. The third-order valence-electron chi connectivity index (χ3n) is 2.43. The Hall–Kier alpha value is -1.13. The van der Waals surface area contributed by atoms with Gasteiger partial charge in [0.2, 0.25) is 5.91 Å². The van der Waals surface area contributed by atoms with Gasteiger partial charge in [-0.25, -0.2) is 4.98 Å². The average Bonchev–Trinajstić information content (AvgIpc) is 2.30. The number of methoxy groups -OCH3 is 1. The molecule has 0 fully saturated rings. The minimum atomic E-state index is -0.0804. The molecule has 1 unspecified atom stereocenters. The molecule has 5 heteroatoms. The summed E-state index contributed by atoms with van der Waals surface area (Å²) in [6, 6.07) is 1.80. The van der Waals surface area contributed by atoms with Gasteiger partial charge in [-0.05, 0) is 31.9 Å². The second-order valence-electron chi connectivity index (χ2n) is 3.98.